The van der Waals surface area contributed by atoms with Gasteiger partial charge < -0.3 is 10.2 Å². The number of hydrogen-bond acceptors (Lipinski definition) is 2. The normalized spacial score (nSPS) is 11.0. The largest absolute Gasteiger partial charge is 0.322 e. The van der Waals surface area contributed by atoms with E-state index in [0.29, 0.717) is 11.3 Å². The summed E-state index contributed by atoms with van der Waals surface area (Å²) in [7, 11) is 1.71. The van der Waals surface area contributed by atoms with Gasteiger partial charge in [0.2, 0.25) is 5.91 Å². The lowest BCUT2D eigenvalue weighted by Gasteiger charge is -2.15. The molecule has 4 heteroatoms. The van der Waals surface area contributed by atoms with E-state index in [1.165, 1.54) is 6.92 Å². The van der Waals surface area contributed by atoms with E-state index in [0.717, 1.165) is 11.3 Å². The fraction of sp³-hybridized carbons (Fsp3) is 0.158. The molecule has 2 rings (SSSR count). The Bertz CT molecular complexity index is 719. The number of amides is 2. The van der Waals surface area contributed by atoms with Gasteiger partial charge in [-0.2, -0.15) is 0 Å². The molecule has 0 aliphatic carbocycles. The van der Waals surface area contributed by atoms with Gasteiger partial charge in [0.1, 0.15) is 0 Å². The Morgan fingerprint density at radius 2 is 1.57 bits per heavy atom. The van der Waals surface area contributed by atoms with Gasteiger partial charge in [0.15, 0.2) is 0 Å². The van der Waals surface area contributed by atoms with Gasteiger partial charge in [-0.05, 0) is 42.8 Å². The van der Waals surface area contributed by atoms with Crippen molar-refractivity contribution in [3.8, 4) is 0 Å². The third kappa shape index (κ3) is 4.54. The quantitative estimate of drug-likeness (QED) is 0.875. The molecular weight excluding hydrogens is 288 g/mol. The number of nitrogens with zero attached hydrogens (tertiary/aromatic N) is 1. The summed E-state index contributed by atoms with van der Waals surface area (Å²) in [5, 5.41) is 2.85. The molecule has 118 valence electrons. The van der Waals surface area contributed by atoms with Crippen molar-refractivity contribution in [2.45, 2.75) is 13.8 Å². The van der Waals surface area contributed by atoms with Crippen LogP contribution in [0.3, 0.4) is 0 Å². The van der Waals surface area contributed by atoms with Crippen molar-refractivity contribution in [3.63, 3.8) is 0 Å². The van der Waals surface area contributed by atoms with Crippen LogP contribution in [0.15, 0.2) is 60.2 Å². The van der Waals surface area contributed by atoms with Crippen LogP contribution in [0.1, 0.15) is 19.4 Å². The minimum Gasteiger partial charge on any atom is -0.322 e. The van der Waals surface area contributed by atoms with Crippen molar-refractivity contribution >= 4 is 29.3 Å². The van der Waals surface area contributed by atoms with Crippen molar-refractivity contribution in [3.05, 3.63) is 65.7 Å². The smallest absolute Gasteiger partial charge is 0.251 e. The highest BCUT2D eigenvalue weighted by molar-refractivity contribution is 6.06. The zero-order valence-electron chi connectivity index (χ0n) is 13.5. The Kier molecular flexibility index (Phi) is 5.31. The van der Waals surface area contributed by atoms with E-state index in [9.17, 15) is 9.59 Å². The highest BCUT2D eigenvalue weighted by atomic mass is 16.2. The number of carbonyl (C=O) groups excluding carboxylic acids is 2. The molecule has 0 unspecified atom stereocenters. The van der Waals surface area contributed by atoms with E-state index in [2.05, 4.69) is 5.32 Å². The lowest BCUT2D eigenvalue weighted by atomic mass is 10.1. The Balaban J connectivity index is 2.05. The maximum absolute atomic E-state index is 12.2. The molecule has 4 nitrogen and oxygen atoms in total. The standard InChI is InChI=1S/C19H20N2O2/c1-14(13-16-7-5-4-6-8-16)19(23)20-17-9-11-18(12-10-17)21(3)15(2)22/h4-13H,1-3H3,(H,20,23). The summed E-state index contributed by atoms with van der Waals surface area (Å²) >= 11 is 0. The van der Waals surface area contributed by atoms with Crippen molar-refractivity contribution in [2.75, 3.05) is 17.3 Å². The fourth-order valence-electron chi connectivity index (χ4n) is 2.04. The van der Waals surface area contributed by atoms with E-state index >= 15 is 0 Å². The maximum Gasteiger partial charge on any atom is 0.251 e. The van der Waals surface area contributed by atoms with E-state index in [4.69, 9.17) is 0 Å². The Hall–Kier alpha value is -2.88. The molecule has 0 fully saturated rings. The van der Waals surface area contributed by atoms with E-state index in [1.807, 2.05) is 36.4 Å². The van der Waals surface area contributed by atoms with Crippen LogP contribution in [-0.4, -0.2) is 18.9 Å². The molecular formula is C19H20N2O2. The van der Waals surface area contributed by atoms with E-state index < -0.39 is 0 Å². The van der Waals surface area contributed by atoms with Crippen LogP contribution in [0.2, 0.25) is 0 Å². The van der Waals surface area contributed by atoms with Gasteiger partial charge in [-0.15, -0.1) is 0 Å². The minimum atomic E-state index is -0.151. The summed E-state index contributed by atoms with van der Waals surface area (Å²) in [6, 6.07) is 16.9. The van der Waals surface area contributed by atoms with Crippen molar-refractivity contribution in [1.29, 1.82) is 0 Å². The summed E-state index contributed by atoms with van der Waals surface area (Å²) in [5.74, 6) is -0.190. The number of benzene rings is 2. The molecule has 0 saturated heterocycles. The molecule has 1 N–H and O–H groups in total. The third-order valence-electron chi connectivity index (χ3n) is 3.53. The van der Waals surface area contributed by atoms with Crippen LogP contribution in [0.25, 0.3) is 6.08 Å². The van der Waals surface area contributed by atoms with Gasteiger partial charge in [0, 0.05) is 30.9 Å². The second kappa shape index (κ2) is 7.40. The predicted octanol–water partition coefficient (Wildman–Crippen LogP) is 3.71. The van der Waals surface area contributed by atoms with Crippen molar-refractivity contribution < 1.29 is 9.59 Å². The highest BCUT2D eigenvalue weighted by Gasteiger charge is 2.07. The lowest BCUT2D eigenvalue weighted by molar-refractivity contribution is -0.116. The van der Waals surface area contributed by atoms with Gasteiger partial charge in [-0.3, -0.25) is 9.59 Å². The van der Waals surface area contributed by atoms with Gasteiger partial charge in [0.05, 0.1) is 0 Å². The predicted molar refractivity (Wildman–Crippen MR) is 94.2 cm³/mol. The molecule has 0 radical (unpaired) electrons. The van der Waals surface area contributed by atoms with Crippen molar-refractivity contribution in [2.24, 2.45) is 0 Å². The average molecular weight is 308 g/mol. The fourth-order valence-corrected chi connectivity index (χ4v) is 2.04. The Morgan fingerprint density at radius 1 is 0.957 bits per heavy atom. The molecule has 2 aromatic rings. The van der Waals surface area contributed by atoms with Crippen LogP contribution in [-0.2, 0) is 9.59 Å². The molecule has 0 atom stereocenters. The molecule has 2 aromatic carbocycles. The summed E-state index contributed by atoms with van der Waals surface area (Å²) < 4.78 is 0. The summed E-state index contributed by atoms with van der Waals surface area (Å²) in [5.41, 5.74) is 3.09. The van der Waals surface area contributed by atoms with Gasteiger partial charge >= 0.3 is 0 Å². The van der Waals surface area contributed by atoms with Crippen LogP contribution < -0.4 is 10.2 Å². The number of carbonyl (C=O) groups is 2. The van der Waals surface area contributed by atoms with Crippen LogP contribution in [0.4, 0.5) is 11.4 Å². The van der Waals surface area contributed by atoms with E-state index in [1.54, 1.807) is 43.1 Å². The number of rotatable bonds is 4. The zero-order chi connectivity index (χ0) is 16.8. The molecule has 0 aliphatic rings. The molecule has 0 aromatic heterocycles. The highest BCUT2D eigenvalue weighted by Crippen LogP contribution is 2.18. The molecule has 0 spiro atoms. The zero-order valence-corrected chi connectivity index (χ0v) is 13.5. The topological polar surface area (TPSA) is 49.4 Å². The minimum absolute atomic E-state index is 0.0385. The average Bonchev–Trinajstić information content (AvgIpc) is 2.55. The monoisotopic (exact) mass is 308 g/mol. The SMILES string of the molecule is CC(=O)N(C)c1ccc(NC(=O)C(C)=Cc2ccccc2)cc1. The summed E-state index contributed by atoms with van der Waals surface area (Å²) in [6.07, 6.45) is 1.84. The second-order valence-electron chi connectivity index (χ2n) is 5.32. The maximum atomic E-state index is 12.2. The Labute approximate surface area is 136 Å². The first kappa shape index (κ1) is 16.5. The molecule has 2 amide bonds. The summed E-state index contributed by atoms with van der Waals surface area (Å²) in [6.45, 7) is 3.29. The van der Waals surface area contributed by atoms with Crippen LogP contribution in [0.5, 0.6) is 0 Å². The first-order valence-corrected chi connectivity index (χ1v) is 7.36. The first-order chi connectivity index (χ1) is 11.0. The van der Waals surface area contributed by atoms with Crippen LogP contribution in [0, 0.1) is 0 Å². The van der Waals surface area contributed by atoms with Crippen LogP contribution >= 0.6 is 0 Å². The second-order valence-corrected chi connectivity index (χ2v) is 5.32. The molecule has 0 heterocycles. The molecule has 0 aliphatic heterocycles. The third-order valence-corrected chi connectivity index (χ3v) is 3.53. The number of anilines is 2. The molecule has 23 heavy (non-hydrogen) atoms. The number of nitrogens with one attached hydrogen (secondary N) is 1. The van der Waals surface area contributed by atoms with Crippen molar-refractivity contribution in [1.82, 2.24) is 0 Å². The van der Waals surface area contributed by atoms with Gasteiger partial charge in [0.25, 0.3) is 5.91 Å². The summed E-state index contributed by atoms with van der Waals surface area (Å²) in [4.78, 5) is 25.1. The van der Waals surface area contributed by atoms with Gasteiger partial charge in [-0.25, -0.2) is 0 Å². The molecule has 0 saturated carbocycles. The Morgan fingerprint density at radius 3 is 2.13 bits per heavy atom. The van der Waals surface area contributed by atoms with Gasteiger partial charge in [-0.1, -0.05) is 30.3 Å². The van der Waals surface area contributed by atoms with E-state index in [-0.39, 0.29) is 11.8 Å². The first-order valence-electron chi connectivity index (χ1n) is 7.36. The lowest BCUT2D eigenvalue weighted by Crippen LogP contribution is -2.22. The number of hydrogen-bond donors (Lipinski definition) is 1. The molecule has 0 bridgehead atoms.